The molecule has 0 bridgehead atoms. The molecule has 0 saturated carbocycles. The van der Waals surface area contributed by atoms with Gasteiger partial charge in [0, 0.05) is 13.1 Å². The fraction of sp³-hybridized carbons (Fsp3) is 0.412. The van der Waals surface area contributed by atoms with Gasteiger partial charge < -0.3 is 10.0 Å². The lowest BCUT2D eigenvalue weighted by molar-refractivity contribution is -0.134. The second-order valence-electron chi connectivity index (χ2n) is 5.75. The van der Waals surface area contributed by atoms with Gasteiger partial charge >= 0.3 is 0 Å². The first-order valence-electron chi connectivity index (χ1n) is 7.57. The number of halogens is 1. The van der Waals surface area contributed by atoms with Crippen LogP contribution >= 0.6 is 11.6 Å². The van der Waals surface area contributed by atoms with E-state index in [4.69, 9.17) is 11.6 Å². The van der Waals surface area contributed by atoms with E-state index in [0.717, 1.165) is 11.3 Å². The molecule has 0 fully saturated rings. The van der Waals surface area contributed by atoms with Crippen molar-refractivity contribution in [3.63, 3.8) is 0 Å². The molecule has 1 N–H and O–H groups in total. The highest BCUT2D eigenvalue weighted by molar-refractivity contribution is 6.31. The van der Waals surface area contributed by atoms with Crippen LogP contribution in [0.2, 0.25) is 5.02 Å². The van der Waals surface area contributed by atoms with Crippen LogP contribution < -0.4 is 0 Å². The number of aliphatic hydroxyl groups is 1. The van der Waals surface area contributed by atoms with Crippen molar-refractivity contribution in [2.75, 3.05) is 6.54 Å². The summed E-state index contributed by atoms with van der Waals surface area (Å²) in [5.74, 6) is -0.1000. The number of aliphatic hydroxyl groups excluding tert-OH is 1. The van der Waals surface area contributed by atoms with Gasteiger partial charge in [-0.15, -0.1) is 0 Å². The molecule has 1 aromatic heterocycles. The Bertz CT molecular complexity index is 668. The van der Waals surface area contributed by atoms with Gasteiger partial charge in [-0.3, -0.25) is 9.48 Å². The Hall–Kier alpha value is -1.85. The van der Waals surface area contributed by atoms with Crippen LogP contribution in [0.3, 0.4) is 0 Å². The molecule has 0 unspecified atom stereocenters. The first kappa shape index (κ1) is 17.5. The van der Waals surface area contributed by atoms with E-state index in [9.17, 15) is 9.90 Å². The molecule has 1 atom stereocenters. The van der Waals surface area contributed by atoms with E-state index < -0.39 is 6.10 Å². The van der Waals surface area contributed by atoms with Crippen molar-refractivity contribution in [1.29, 1.82) is 0 Å². The lowest BCUT2D eigenvalue weighted by Crippen LogP contribution is -2.38. The summed E-state index contributed by atoms with van der Waals surface area (Å²) in [7, 11) is 0. The summed E-state index contributed by atoms with van der Waals surface area (Å²) in [5, 5.41) is 14.6. The molecule has 2 rings (SSSR count). The number of rotatable bonds is 6. The van der Waals surface area contributed by atoms with E-state index >= 15 is 0 Å². The molecule has 0 aliphatic carbocycles. The highest BCUT2D eigenvalue weighted by atomic mass is 35.5. The molecule has 124 valence electrons. The number of hydrogen-bond acceptors (Lipinski definition) is 3. The number of benzene rings is 1. The Balaban J connectivity index is 2.14. The van der Waals surface area contributed by atoms with Crippen LogP contribution in [0.5, 0.6) is 0 Å². The quantitative estimate of drug-likeness (QED) is 0.882. The van der Waals surface area contributed by atoms with Crippen LogP contribution in [0.4, 0.5) is 0 Å². The van der Waals surface area contributed by atoms with Crippen LogP contribution in [0.25, 0.3) is 0 Å². The van der Waals surface area contributed by atoms with Crippen LogP contribution in [0.15, 0.2) is 30.3 Å². The summed E-state index contributed by atoms with van der Waals surface area (Å²) in [6.07, 6.45) is -0.591. The van der Waals surface area contributed by atoms with Crippen molar-refractivity contribution in [1.82, 2.24) is 14.7 Å². The number of amides is 1. The van der Waals surface area contributed by atoms with Gasteiger partial charge in [0.25, 0.3) is 0 Å². The van der Waals surface area contributed by atoms with E-state index in [-0.39, 0.29) is 19.0 Å². The smallest absolute Gasteiger partial charge is 0.244 e. The monoisotopic (exact) mass is 335 g/mol. The lowest BCUT2D eigenvalue weighted by Gasteiger charge is -2.24. The summed E-state index contributed by atoms with van der Waals surface area (Å²) in [4.78, 5) is 14.3. The minimum Gasteiger partial charge on any atom is -0.392 e. The van der Waals surface area contributed by atoms with Gasteiger partial charge in [0.15, 0.2) is 0 Å². The number of aromatic nitrogens is 2. The van der Waals surface area contributed by atoms with Crippen molar-refractivity contribution >= 4 is 17.5 Å². The summed E-state index contributed by atoms with van der Waals surface area (Å²) >= 11 is 6.13. The summed E-state index contributed by atoms with van der Waals surface area (Å²) in [5.41, 5.74) is 2.50. The molecule has 23 heavy (non-hydrogen) atoms. The number of carbonyl (C=O) groups excluding carboxylic acids is 1. The zero-order valence-corrected chi connectivity index (χ0v) is 14.4. The molecular weight excluding hydrogens is 314 g/mol. The van der Waals surface area contributed by atoms with Gasteiger partial charge in [0.05, 0.1) is 22.5 Å². The third-order valence-electron chi connectivity index (χ3n) is 3.63. The molecule has 1 heterocycles. The first-order valence-corrected chi connectivity index (χ1v) is 7.95. The fourth-order valence-corrected chi connectivity index (χ4v) is 2.57. The highest BCUT2D eigenvalue weighted by Crippen LogP contribution is 2.19. The largest absolute Gasteiger partial charge is 0.392 e. The topological polar surface area (TPSA) is 58.4 Å². The van der Waals surface area contributed by atoms with Gasteiger partial charge in [-0.05, 0) is 26.3 Å². The Morgan fingerprint density at radius 3 is 2.52 bits per heavy atom. The molecule has 0 aliphatic rings. The van der Waals surface area contributed by atoms with E-state index in [1.807, 2.05) is 44.2 Å². The summed E-state index contributed by atoms with van der Waals surface area (Å²) < 4.78 is 1.61. The lowest BCUT2D eigenvalue weighted by atomic mass is 10.2. The Morgan fingerprint density at radius 2 is 2.00 bits per heavy atom. The van der Waals surface area contributed by atoms with Crippen molar-refractivity contribution in [2.45, 2.75) is 40.0 Å². The molecule has 6 heteroatoms. The van der Waals surface area contributed by atoms with E-state index in [1.165, 1.54) is 0 Å². The van der Waals surface area contributed by atoms with Gasteiger partial charge in [0.2, 0.25) is 5.91 Å². The molecule has 1 aromatic carbocycles. The maximum Gasteiger partial charge on any atom is 0.244 e. The number of aryl methyl sites for hydroxylation is 1. The third-order valence-corrected chi connectivity index (χ3v) is 4.18. The van der Waals surface area contributed by atoms with Crippen LogP contribution in [0, 0.1) is 13.8 Å². The maximum atomic E-state index is 12.6. The maximum absolute atomic E-state index is 12.6. The van der Waals surface area contributed by atoms with Gasteiger partial charge in [-0.25, -0.2) is 0 Å². The third kappa shape index (κ3) is 4.56. The predicted molar refractivity (Wildman–Crippen MR) is 90.3 cm³/mol. The van der Waals surface area contributed by atoms with Crippen molar-refractivity contribution in [3.05, 3.63) is 52.3 Å². The molecule has 0 radical (unpaired) electrons. The number of carbonyl (C=O) groups is 1. The van der Waals surface area contributed by atoms with E-state index in [2.05, 4.69) is 5.10 Å². The van der Waals surface area contributed by atoms with Crippen molar-refractivity contribution in [3.8, 4) is 0 Å². The summed E-state index contributed by atoms with van der Waals surface area (Å²) in [6.45, 7) is 6.17. The average molecular weight is 336 g/mol. The molecule has 0 saturated heterocycles. The van der Waals surface area contributed by atoms with E-state index in [0.29, 0.717) is 17.3 Å². The molecule has 2 aromatic rings. The molecule has 0 aliphatic heterocycles. The number of nitrogens with zero attached hydrogens (tertiary/aromatic N) is 3. The standard InChI is InChI=1S/C17H22ClN3O2/c1-12(22)9-20(10-15-7-5-4-6-8-15)16(23)11-21-14(3)17(18)13(2)19-21/h4-8,12,22H,9-11H2,1-3H3/t12-/m0/s1. The summed E-state index contributed by atoms with van der Waals surface area (Å²) in [6, 6.07) is 9.72. The molecular formula is C17H22ClN3O2. The first-order chi connectivity index (χ1) is 10.9. The zero-order chi connectivity index (χ0) is 17.0. The second-order valence-corrected chi connectivity index (χ2v) is 6.13. The van der Waals surface area contributed by atoms with Gasteiger partial charge in [-0.1, -0.05) is 41.9 Å². The van der Waals surface area contributed by atoms with Crippen LogP contribution in [-0.2, 0) is 17.9 Å². The Morgan fingerprint density at radius 1 is 1.35 bits per heavy atom. The fourth-order valence-electron chi connectivity index (χ4n) is 2.43. The van der Waals surface area contributed by atoms with Crippen molar-refractivity contribution in [2.24, 2.45) is 0 Å². The minimum absolute atomic E-state index is 0.1000. The van der Waals surface area contributed by atoms with Crippen LogP contribution in [0.1, 0.15) is 23.9 Å². The molecule has 1 amide bonds. The molecule has 0 spiro atoms. The zero-order valence-electron chi connectivity index (χ0n) is 13.7. The average Bonchev–Trinajstić information content (AvgIpc) is 2.74. The second kappa shape index (κ2) is 7.62. The number of hydrogen-bond donors (Lipinski definition) is 1. The Kier molecular flexibility index (Phi) is 5.80. The van der Waals surface area contributed by atoms with Crippen molar-refractivity contribution < 1.29 is 9.90 Å². The van der Waals surface area contributed by atoms with E-state index in [1.54, 1.807) is 16.5 Å². The van der Waals surface area contributed by atoms with Gasteiger partial charge in [0.1, 0.15) is 6.54 Å². The SMILES string of the molecule is Cc1nn(CC(=O)N(Cc2ccccc2)C[C@H](C)O)c(C)c1Cl. The Labute approximate surface area is 141 Å². The van der Waals surface area contributed by atoms with Crippen LogP contribution in [-0.4, -0.2) is 38.3 Å². The highest BCUT2D eigenvalue weighted by Gasteiger charge is 2.19. The predicted octanol–water partition coefficient (Wildman–Crippen LogP) is 2.56. The minimum atomic E-state index is -0.591. The molecule has 5 nitrogen and oxygen atoms in total. The van der Waals surface area contributed by atoms with Gasteiger partial charge in [-0.2, -0.15) is 5.10 Å². The normalized spacial score (nSPS) is 12.2.